The van der Waals surface area contributed by atoms with Gasteiger partial charge in [-0.25, -0.2) is 4.98 Å². The second-order valence-corrected chi connectivity index (χ2v) is 5.51. The smallest absolute Gasteiger partial charge is 0.258 e. The highest BCUT2D eigenvalue weighted by Gasteiger charge is 2.13. The monoisotopic (exact) mass is 273 g/mol. The summed E-state index contributed by atoms with van der Waals surface area (Å²) >= 11 is 1.57. The SMILES string of the molecule is CCCCCc1nnc(-c2nc3ccccc3o2)s1. The standard InChI is InChI=1S/C14H15N3OS/c1-2-3-4-9-12-16-17-14(19-12)13-15-10-7-5-6-8-11(10)18-13/h5-8H,2-4,9H2,1H3. The van der Waals surface area contributed by atoms with Crippen molar-refractivity contribution >= 4 is 22.4 Å². The first kappa shape index (κ1) is 12.3. The van der Waals surface area contributed by atoms with E-state index in [9.17, 15) is 0 Å². The minimum Gasteiger partial charge on any atom is -0.434 e. The molecular formula is C14H15N3OS. The van der Waals surface area contributed by atoms with Crippen molar-refractivity contribution in [2.24, 2.45) is 0 Å². The van der Waals surface area contributed by atoms with E-state index in [2.05, 4.69) is 22.1 Å². The Bertz CT molecular complexity index is 641. The van der Waals surface area contributed by atoms with Crippen LogP contribution in [0.3, 0.4) is 0 Å². The summed E-state index contributed by atoms with van der Waals surface area (Å²) < 4.78 is 5.69. The third-order valence-corrected chi connectivity index (χ3v) is 3.91. The van der Waals surface area contributed by atoms with E-state index >= 15 is 0 Å². The summed E-state index contributed by atoms with van der Waals surface area (Å²) in [5, 5.41) is 10.2. The van der Waals surface area contributed by atoms with Gasteiger partial charge >= 0.3 is 0 Å². The topological polar surface area (TPSA) is 51.8 Å². The average Bonchev–Trinajstić information content (AvgIpc) is 3.04. The number of oxazole rings is 1. The van der Waals surface area contributed by atoms with Gasteiger partial charge in [0, 0.05) is 6.42 Å². The van der Waals surface area contributed by atoms with Crippen molar-refractivity contribution in [1.29, 1.82) is 0 Å². The molecule has 1 aromatic carbocycles. The molecule has 0 saturated carbocycles. The molecule has 0 unspecified atom stereocenters. The van der Waals surface area contributed by atoms with E-state index in [0.717, 1.165) is 27.5 Å². The minimum atomic E-state index is 0.570. The molecule has 0 bridgehead atoms. The number of fused-ring (bicyclic) bond motifs is 1. The molecule has 0 saturated heterocycles. The Kier molecular flexibility index (Phi) is 3.55. The third-order valence-electron chi connectivity index (χ3n) is 2.94. The summed E-state index contributed by atoms with van der Waals surface area (Å²) in [6.07, 6.45) is 4.61. The van der Waals surface area contributed by atoms with Crippen molar-refractivity contribution in [3.05, 3.63) is 29.3 Å². The van der Waals surface area contributed by atoms with Crippen LogP contribution < -0.4 is 0 Å². The van der Waals surface area contributed by atoms with E-state index in [1.54, 1.807) is 11.3 Å². The van der Waals surface area contributed by atoms with Gasteiger partial charge < -0.3 is 4.42 Å². The van der Waals surface area contributed by atoms with E-state index in [0.29, 0.717) is 5.89 Å². The maximum atomic E-state index is 5.69. The summed E-state index contributed by atoms with van der Waals surface area (Å²) in [5.74, 6) is 0.570. The highest BCUT2D eigenvalue weighted by Crippen LogP contribution is 2.27. The van der Waals surface area contributed by atoms with E-state index in [1.165, 1.54) is 19.3 Å². The number of aryl methyl sites for hydroxylation is 1. The van der Waals surface area contributed by atoms with Crippen LogP contribution in [0.5, 0.6) is 0 Å². The molecule has 0 aliphatic carbocycles. The molecule has 0 aliphatic heterocycles. The Morgan fingerprint density at radius 3 is 2.89 bits per heavy atom. The second-order valence-electron chi connectivity index (χ2n) is 4.44. The molecule has 5 heteroatoms. The molecule has 2 heterocycles. The summed E-state index contributed by atoms with van der Waals surface area (Å²) in [7, 11) is 0. The molecule has 0 atom stereocenters. The van der Waals surface area contributed by atoms with Crippen molar-refractivity contribution in [3.8, 4) is 10.9 Å². The van der Waals surface area contributed by atoms with Crippen LogP contribution in [-0.4, -0.2) is 15.2 Å². The van der Waals surface area contributed by atoms with Gasteiger partial charge in [0.25, 0.3) is 5.89 Å². The Morgan fingerprint density at radius 2 is 2.05 bits per heavy atom. The third kappa shape index (κ3) is 2.66. The summed E-state index contributed by atoms with van der Waals surface area (Å²) in [5.41, 5.74) is 1.65. The molecule has 4 nitrogen and oxygen atoms in total. The zero-order chi connectivity index (χ0) is 13.1. The minimum absolute atomic E-state index is 0.570. The number of hydrogen-bond donors (Lipinski definition) is 0. The highest BCUT2D eigenvalue weighted by atomic mass is 32.1. The van der Waals surface area contributed by atoms with Crippen LogP contribution in [0.1, 0.15) is 31.2 Å². The molecule has 0 aliphatic rings. The number of benzene rings is 1. The molecular weight excluding hydrogens is 258 g/mol. The Labute approximate surface area is 115 Å². The number of unbranched alkanes of at least 4 members (excludes halogenated alkanes) is 2. The number of nitrogens with zero attached hydrogens (tertiary/aromatic N) is 3. The molecule has 19 heavy (non-hydrogen) atoms. The van der Waals surface area contributed by atoms with Crippen molar-refractivity contribution in [1.82, 2.24) is 15.2 Å². The molecule has 3 aromatic rings. The van der Waals surface area contributed by atoms with Crippen LogP contribution in [0.2, 0.25) is 0 Å². The quantitative estimate of drug-likeness (QED) is 0.657. The van der Waals surface area contributed by atoms with Gasteiger partial charge in [0.05, 0.1) is 0 Å². The Balaban J connectivity index is 1.81. The molecule has 0 N–H and O–H groups in total. The first-order chi connectivity index (χ1) is 9.36. The summed E-state index contributed by atoms with van der Waals surface area (Å²) in [6.45, 7) is 2.20. The molecule has 0 radical (unpaired) electrons. The summed E-state index contributed by atoms with van der Waals surface area (Å²) in [6, 6.07) is 7.74. The van der Waals surface area contributed by atoms with Crippen LogP contribution in [0.25, 0.3) is 22.0 Å². The van der Waals surface area contributed by atoms with Gasteiger partial charge in [-0.1, -0.05) is 43.2 Å². The van der Waals surface area contributed by atoms with Crippen molar-refractivity contribution in [2.45, 2.75) is 32.6 Å². The first-order valence-electron chi connectivity index (χ1n) is 6.55. The fourth-order valence-electron chi connectivity index (χ4n) is 1.93. The predicted molar refractivity (Wildman–Crippen MR) is 76.1 cm³/mol. The molecule has 3 rings (SSSR count). The van der Waals surface area contributed by atoms with Crippen LogP contribution in [0.15, 0.2) is 28.7 Å². The molecule has 0 spiro atoms. The van der Waals surface area contributed by atoms with E-state index < -0.39 is 0 Å². The van der Waals surface area contributed by atoms with Crippen LogP contribution in [0, 0.1) is 0 Å². The largest absolute Gasteiger partial charge is 0.434 e. The number of hydrogen-bond acceptors (Lipinski definition) is 5. The van der Waals surface area contributed by atoms with E-state index in [4.69, 9.17) is 4.42 Å². The van der Waals surface area contributed by atoms with Gasteiger partial charge in [-0.05, 0) is 18.6 Å². The summed E-state index contributed by atoms with van der Waals surface area (Å²) in [4.78, 5) is 4.43. The van der Waals surface area contributed by atoms with Gasteiger partial charge in [0.1, 0.15) is 10.5 Å². The fourth-order valence-corrected chi connectivity index (χ4v) is 2.74. The van der Waals surface area contributed by atoms with E-state index in [1.807, 2.05) is 24.3 Å². The Morgan fingerprint density at radius 1 is 1.16 bits per heavy atom. The fraction of sp³-hybridized carbons (Fsp3) is 0.357. The molecule has 0 amide bonds. The van der Waals surface area contributed by atoms with E-state index in [-0.39, 0.29) is 0 Å². The number of aromatic nitrogens is 3. The van der Waals surface area contributed by atoms with Gasteiger partial charge in [-0.3, -0.25) is 0 Å². The maximum Gasteiger partial charge on any atom is 0.258 e. The normalized spacial score (nSPS) is 11.2. The zero-order valence-electron chi connectivity index (χ0n) is 10.8. The molecule has 98 valence electrons. The predicted octanol–water partition coefficient (Wildman–Crippen LogP) is 4.08. The zero-order valence-corrected chi connectivity index (χ0v) is 11.6. The maximum absolute atomic E-state index is 5.69. The van der Waals surface area contributed by atoms with Crippen molar-refractivity contribution in [2.75, 3.05) is 0 Å². The van der Waals surface area contributed by atoms with Crippen LogP contribution >= 0.6 is 11.3 Å². The van der Waals surface area contributed by atoms with Gasteiger partial charge in [0.2, 0.25) is 5.01 Å². The number of para-hydroxylation sites is 2. The van der Waals surface area contributed by atoms with Crippen molar-refractivity contribution < 1.29 is 4.42 Å². The van der Waals surface area contributed by atoms with Gasteiger partial charge in [0.15, 0.2) is 5.58 Å². The van der Waals surface area contributed by atoms with Crippen LogP contribution in [0.4, 0.5) is 0 Å². The lowest BCUT2D eigenvalue weighted by atomic mass is 10.2. The lowest BCUT2D eigenvalue weighted by Gasteiger charge is -1.91. The Hall–Kier alpha value is -1.75. The van der Waals surface area contributed by atoms with Crippen molar-refractivity contribution in [3.63, 3.8) is 0 Å². The highest BCUT2D eigenvalue weighted by molar-refractivity contribution is 7.14. The molecule has 2 aromatic heterocycles. The van der Waals surface area contributed by atoms with Gasteiger partial charge in [-0.15, -0.1) is 10.2 Å². The second kappa shape index (κ2) is 5.48. The molecule has 0 fully saturated rings. The first-order valence-corrected chi connectivity index (χ1v) is 7.37. The number of rotatable bonds is 5. The van der Waals surface area contributed by atoms with Crippen LogP contribution in [-0.2, 0) is 6.42 Å². The lowest BCUT2D eigenvalue weighted by molar-refractivity contribution is 0.618. The average molecular weight is 273 g/mol. The van der Waals surface area contributed by atoms with Gasteiger partial charge in [-0.2, -0.15) is 0 Å². The lowest BCUT2D eigenvalue weighted by Crippen LogP contribution is -1.83.